The molecule has 0 aliphatic heterocycles. The fourth-order valence-corrected chi connectivity index (χ4v) is 2.79. The van der Waals surface area contributed by atoms with E-state index in [-0.39, 0.29) is 5.91 Å². The number of nitrogens with one attached hydrogen (secondary N) is 1. The van der Waals surface area contributed by atoms with Crippen molar-refractivity contribution in [2.24, 2.45) is 5.92 Å². The first-order chi connectivity index (χ1) is 9.97. The van der Waals surface area contributed by atoms with Crippen LogP contribution in [0.25, 0.3) is 5.65 Å². The zero-order chi connectivity index (χ0) is 15.4. The normalized spacial score (nSPS) is 11.3. The van der Waals surface area contributed by atoms with Crippen LogP contribution in [0.3, 0.4) is 0 Å². The van der Waals surface area contributed by atoms with Crippen LogP contribution >= 0.6 is 11.8 Å². The highest BCUT2D eigenvalue weighted by Crippen LogP contribution is 2.18. The van der Waals surface area contributed by atoms with E-state index in [1.165, 1.54) is 11.8 Å². The SMILES string of the molecule is Cc1cc2nnc(SCC(=O)NCCC(C)C)n2c(C)n1. The lowest BCUT2D eigenvalue weighted by Crippen LogP contribution is -2.27. The topological polar surface area (TPSA) is 72.2 Å². The lowest BCUT2D eigenvalue weighted by molar-refractivity contribution is -0.118. The van der Waals surface area contributed by atoms with Gasteiger partial charge in [0, 0.05) is 18.3 Å². The Morgan fingerprint density at radius 1 is 1.38 bits per heavy atom. The molecule has 6 nitrogen and oxygen atoms in total. The summed E-state index contributed by atoms with van der Waals surface area (Å²) in [5.41, 5.74) is 1.68. The molecule has 0 aromatic carbocycles. The van der Waals surface area contributed by atoms with Gasteiger partial charge >= 0.3 is 0 Å². The average molecular weight is 307 g/mol. The Morgan fingerprint density at radius 2 is 2.14 bits per heavy atom. The highest BCUT2D eigenvalue weighted by atomic mass is 32.2. The third-order valence-corrected chi connectivity index (χ3v) is 3.96. The van der Waals surface area contributed by atoms with Gasteiger partial charge in [-0.15, -0.1) is 10.2 Å². The molecule has 0 aliphatic rings. The summed E-state index contributed by atoms with van der Waals surface area (Å²) in [4.78, 5) is 16.2. The molecule has 1 N–H and O–H groups in total. The number of carbonyl (C=O) groups excluding carboxylic acids is 1. The maximum atomic E-state index is 11.8. The summed E-state index contributed by atoms with van der Waals surface area (Å²) in [6.45, 7) is 8.84. The standard InChI is InChI=1S/C14H21N5OS/c1-9(2)5-6-15-13(20)8-21-14-18-17-12-7-10(3)16-11(4)19(12)14/h7,9H,5-6,8H2,1-4H3,(H,15,20). The van der Waals surface area contributed by atoms with Gasteiger partial charge in [0.15, 0.2) is 10.8 Å². The molecule has 0 spiro atoms. The highest BCUT2D eigenvalue weighted by Gasteiger charge is 2.11. The number of carbonyl (C=O) groups is 1. The van der Waals surface area contributed by atoms with Crippen molar-refractivity contribution in [1.29, 1.82) is 0 Å². The van der Waals surface area contributed by atoms with Crippen molar-refractivity contribution in [2.75, 3.05) is 12.3 Å². The summed E-state index contributed by atoms with van der Waals surface area (Å²) in [5.74, 6) is 1.79. The Morgan fingerprint density at radius 3 is 2.86 bits per heavy atom. The van der Waals surface area contributed by atoms with Crippen molar-refractivity contribution in [2.45, 2.75) is 39.3 Å². The van der Waals surface area contributed by atoms with Crippen LogP contribution in [-0.4, -0.2) is 37.8 Å². The van der Waals surface area contributed by atoms with E-state index in [1.54, 1.807) is 0 Å². The summed E-state index contributed by atoms with van der Waals surface area (Å²) < 4.78 is 1.87. The molecule has 114 valence electrons. The molecule has 1 amide bonds. The molecule has 0 saturated carbocycles. The number of fused-ring (bicyclic) bond motifs is 1. The quantitative estimate of drug-likeness (QED) is 0.826. The van der Waals surface area contributed by atoms with Crippen molar-refractivity contribution in [3.8, 4) is 0 Å². The van der Waals surface area contributed by atoms with E-state index in [1.807, 2.05) is 24.3 Å². The van der Waals surface area contributed by atoms with Gasteiger partial charge in [0.2, 0.25) is 5.91 Å². The lowest BCUT2D eigenvalue weighted by atomic mass is 10.1. The van der Waals surface area contributed by atoms with Crippen LogP contribution in [-0.2, 0) is 4.79 Å². The number of nitrogens with zero attached hydrogens (tertiary/aromatic N) is 4. The van der Waals surface area contributed by atoms with E-state index in [9.17, 15) is 4.79 Å². The summed E-state index contributed by atoms with van der Waals surface area (Å²) in [7, 11) is 0. The maximum absolute atomic E-state index is 11.8. The fraction of sp³-hybridized carbons (Fsp3) is 0.571. The minimum absolute atomic E-state index is 0.0233. The second-order valence-electron chi connectivity index (χ2n) is 5.44. The Labute approximate surface area is 128 Å². The number of hydrogen-bond acceptors (Lipinski definition) is 5. The molecule has 0 saturated heterocycles. The van der Waals surface area contributed by atoms with Gasteiger partial charge < -0.3 is 5.32 Å². The maximum Gasteiger partial charge on any atom is 0.230 e. The molecule has 2 aromatic rings. The zero-order valence-electron chi connectivity index (χ0n) is 12.9. The molecule has 0 radical (unpaired) electrons. The van der Waals surface area contributed by atoms with Gasteiger partial charge in [-0.3, -0.25) is 9.20 Å². The molecule has 0 fully saturated rings. The third kappa shape index (κ3) is 4.17. The molecule has 2 rings (SSSR count). The van der Waals surface area contributed by atoms with E-state index in [0.29, 0.717) is 16.8 Å². The molecule has 7 heteroatoms. The van der Waals surface area contributed by atoms with Crippen LogP contribution < -0.4 is 5.32 Å². The Kier molecular flexibility index (Phi) is 5.17. The van der Waals surface area contributed by atoms with E-state index in [2.05, 4.69) is 34.3 Å². The molecule has 0 unspecified atom stereocenters. The summed E-state index contributed by atoms with van der Waals surface area (Å²) >= 11 is 1.38. The zero-order valence-corrected chi connectivity index (χ0v) is 13.7. The minimum atomic E-state index is 0.0233. The first kappa shape index (κ1) is 15.8. The summed E-state index contributed by atoms with van der Waals surface area (Å²) in [5, 5.41) is 11.9. The molecule has 0 aliphatic carbocycles. The van der Waals surface area contributed by atoms with Gasteiger partial charge in [-0.1, -0.05) is 25.6 Å². The first-order valence-corrected chi connectivity index (χ1v) is 8.05. The second kappa shape index (κ2) is 6.89. The minimum Gasteiger partial charge on any atom is -0.355 e. The van der Waals surface area contributed by atoms with Crippen LogP contribution in [0.1, 0.15) is 31.8 Å². The van der Waals surface area contributed by atoms with Crippen molar-refractivity contribution in [3.63, 3.8) is 0 Å². The van der Waals surface area contributed by atoms with Crippen molar-refractivity contribution in [1.82, 2.24) is 24.9 Å². The first-order valence-electron chi connectivity index (χ1n) is 7.06. The van der Waals surface area contributed by atoms with Crippen molar-refractivity contribution >= 4 is 23.3 Å². The van der Waals surface area contributed by atoms with Crippen LogP contribution in [0.15, 0.2) is 11.2 Å². The van der Waals surface area contributed by atoms with E-state index < -0.39 is 0 Å². The van der Waals surface area contributed by atoms with Gasteiger partial charge in [-0.05, 0) is 26.2 Å². The van der Waals surface area contributed by atoms with Crippen LogP contribution in [0.4, 0.5) is 0 Å². The highest BCUT2D eigenvalue weighted by molar-refractivity contribution is 7.99. The number of aryl methyl sites for hydroxylation is 2. The number of amides is 1. The van der Waals surface area contributed by atoms with Gasteiger partial charge in [0.1, 0.15) is 5.82 Å². The van der Waals surface area contributed by atoms with Crippen molar-refractivity contribution in [3.05, 3.63) is 17.6 Å². The Balaban J connectivity index is 1.96. The van der Waals surface area contributed by atoms with Crippen LogP contribution in [0.2, 0.25) is 0 Å². The van der Waals surface area contributed by atoms with Gasteiger partial charge in [0.05, 0.1) is 5.75 Å². The number of hydrogen-bond donors (Lipinski definition) is 1. The molecule has 2 aromatic heterocycles. The lowest BCUT2D eigenvalue weighted by Gasteiger charge is -2.07. The number of aromatic nitrogens is 4. The molecule has 2 heterocycles. The van der Waals surface area contributed by atoms with Gasteiger partial charge in [0.25, 0.3) is 0 Å². The molecule has 21 heavy (non-hydrogen) atoms. The third-order valence-electron chi connectivity index (χ3n) is 3.03. The smallest absolute Gasteiger partial charge is 0.230 e. The van der Waals surface area contributed by atoms with Gasteiger partial charge in [-0.25, -0.2) is 4.98 Å². The summed E-state index contributed by atoms with van der Waals surface area (Å²) in [6, 6.07) is 1.88. The largest absolute Gasteiger partial charge is 0.355 e. The molecular formula is C14H21N5OS. The van der Waals surface area contributed by atoms with E-state index in [0.717, 1.165) is 30.1 Å². The number of thioether (sulfide) groups is 1. The van der Waals surface area contributed by atoms with Crippen LogP contribution in [0.5, 0.6) is 0 Å². The van der Waals surface area contributed by atoms with Gasteiger partial charge in [-0.2, -0.15) is 0 Å². The van der Waals surface area contributed by atoms with Crippen LogP contribution in [0, 0.1) is 19.8 Å². The summed E-state index contributed by atoms with van der Waals surface area (Å²) in [6.07, 6.45) is 0.993. The Hall–Kier alpha value is -1.63. The predicted molar refractivity (Wildman–Crippen MR) is 83.4 cm³/mol. The second-order valence-corrected chi connectivity index (χ2v) is 6.38. The average Bonchev–Trinajstić information content (AvgIpc) is 2.79. The molecule has 0 atom stereocenters. The Bertz CT molecular complexity index is 638. The fourth-order valence-electron chi connectivity index (χ4n) is 1.98. The monoisotopic (exact) mass is 307 g/mol. The van der Waals surface area contributed by atoms with Crippen molar-refractivity contribution < 1.29 is 4.79 Å². The number of rotatable bonds is 6. The predicted octanol–water partition coefficient (Wildman–Crippen LogP) is 2.00. The molecular weight excluding hydrogens is 286 g/mol. The van der Waals surface area contributed by atoms with E-state index in [4.69, 9.17) is 0 Å². The van der Waals surface area contributed by atoms with E-state index >= 15 is 0 Å². The molecule has 0 bridgehead atoms.